The van der Waals surface area contributed by atoms with Gasteiger partial charge in [0, 0.05) is 4.88 Å². The molecule has 0 aliphatic carbocycles. The number of aromatic nitrogens is 4. The van der Waals surface area contributed by atoms with Gasteiger partial charge in [-0.15, -0.1) is 11.3 Å². The van der Waals surface area contributed by atoms with Crippen LogP contribution in [0.2, 0.25) is 0 Å². The monoisotopic (exact) mass is 262 g/mol. The standard InChI is InChI=1S/C11H10N4O2S/c1-2-5-3-4-6(18-5)8-12-7-9(13-8)14-11(17)15-10(7)16/h3-4H,2H2,1H3,(H3,12,13,14,15,16,17). The number of hydrogen-bond acceptors (Lipinski definition) is 4. The molecule has 0 atom stereocenters. The summed E-state index contributed by atoms with van der Waals surface area (Å²) >= 11 is 1.61. The van der Waals surface area contributed by atoms with E-state index in [9.17, 15) is 9.59 Å². The number of fused-ring (bicyclic) bond motifs is 1. The molecule has 3 N–H and O–H groups in total. The maximum atomic E-state index is 11.6. The van der Waals surface area contributed by atoms with E-state index in [1.54, 1.807) is 11.3 Å². The van der Waals surface area contributed by atoms with Crippen LogP contribution in [0.1, 0.15) is 11.8 Å². The number of hydrogen-bond donors (Lipinski definition) is 3. The van der Waals surface area contributed by atoms with Crippen molar-refractivity contribution in [3.63, 3.8) is 0 Å². The predicted octanol–water partition coefficient (Wildman–Crippen LogP) is 1.23. The van der Waals surface area contributed by atoms with Gasteiger partial charge in [0.1, 0.15) is 5.52 Å². The average molecular weight is 262 g/mol. The van der Waals surface area contributed by atoms with Gasteiger partial charge < -0.3 is 4.98 Å². The number of aromatic amines is 3. The van der Waals surface area contributed by atoms with Crippen molar-refractivity contribution in [2.24, 2.45) is 0 Å². The highest BCUT2D eigenvalue weighted by atomic mass is 32.1. The van der Waals surface area contributed by atoms with Crippen molar-refractivity contribution < 1.29 is 0 Å². The number of aryl methyl sites for hydroxylation is 1. The molecule has 7 heteroatoms. The minimum atomic E-state index is -0.550. The molecule has 0 aromatic carbocycles. The molecule has 3 rings (SSSR count). The summed E-state index contributed by atoms with van der Waals surface area (Å²) in [5.41, 5.74) is -0.438. The smallest absolute Gasteiger partial charge is 0.327 e. The van der Waals surface area contributed by atoms with Crippen LogP contribution in [0, 0.1) is 0 Å². The van der Waals surface area contributed by atoms with Gasteiger partial charge in [-0.2, -0.15) is 0 Å². The summed E-state index contributed by atoms with van der Waals surface area (Å²) in [5.74, 6) is 0.599. The van der Waals surface area contributed by atoms with Gasteiger partial charge >= 0.3 is 5.69 Å². The third-order valence-corrected chi connectivity index (χ3v) is 3.87. The van der Waals surface area contributed by atoms with Gasteiger partial charge in [0.2, 0.25) is 0 Å². The van der Waals surface area contributed by atoms with E-state index in [0.717, 1.165) is 11.3 Å². The van der Waals surface area contributed by atoms with Crippen LogP contribution in [-0.4, -0.2) is 19.9 Å². The molecule has 0 spiro atoms. The second-order valence-corrected chi connectivity index (χ2v) is 5.01. The van der Waals surface area contributed by atoms with Gasteiger partial charge in [0.25, 0.3) is 5.56 Å². The van der Waals surface area contributed by atoms with Crippen LogP contribution in [0.15, 0.2) is 21.7 Å². The van der Waals surface area contributed by atoms with Gasteiger partial charge in [-0.1, -0.05) is 6.92 Å². The van der Waals surface area contributed by atoms with E-state index in [-0.39, 0.29) is 11.2 Å². The molecule has 6 nitrogen and oxygen atoms in total. The third-order valence-electron chi connectivity index (χ3n) is 2.63. The first kappa shape index (κ1) is 11.0. The highest BCUT2D eigenvalue weighted by Crippen LogP contribution is 2.26. The fourth-order valence-corrected chi connectivity index (χ4v) is 2.64. The van der Waals surface area contributed by atoms with Crippen molar-refractivity contribution in [3.05, 3.63) is 37.8 Å². The minimum absolute atomic E-state index is 0.283. The zero-order chi connectivity index (χ0) is 12.7. The number of thiophene rings is 1. The normalized spacial score (nSPS) is 11.2. The first-order valence-corrected chi connectivity index (χ1v) is 6.30. The van der Waals surface area contributed by atoms with E-state index in [1.807, 2.05) is 12.1 Å². The van der Waals surface area contributed by atoms with Crippen LogP contribution in [-0.2, 0) is 6.42 Å². The lowest BCUT2D eigenvalue weighted by Crippen LogP contribution is -2.21. The molecule has 0 unspecified atom stereocenters. The van der Waals surface area contributed by atoms with Crippen LogP contribution < -0.4 is 11.2 Å². The first-order chi connectivity index (χ1) is 8.67. The van der Waals surface area contributed by atoms with Crippen molar-refractivity contribution in [2.45, 2.75) is 13.3 Å². The molecule has 3 heterocycles. The topological polar surface area (TPSA) is 94.4 Å². The molecule has 0 radical (unpaired) electrons. The van der Waals surface area contributed by atoms with E-state index < -0.39 is 11.2 Å². The van der Waals surface area contributed by atoms with Gasteiger partial charge in [-0.05, 0) is 18.6 Å². The van der Waals surface area contributed by atoms with Gasteiger partial charge in [-0.25, -0.2) is 9.78 Å². The fraction of sp³-hybridized carbons (Fsp3) is 0.182. The summed E-state index contributed by atoms with van der Waals surface area (Å²) in [5, 5.41) is 0. The minimum Gasteiger partial charge on any atom is -0.331 e. The van der Waals surface area contributed by atoms with E-state index >= 15 is 0 Å². The number of nitrogens with one attached hydrogen (secondary N) is 3. The third kappa shape index (κ3) is 1.68. The molecule has 0 amide bonds. The Hall–Kier alpha value is -2.15. The summed E-state index contributed by atoms with van der Waals surface area (Å²) < 4.78 is 0. The Morgan fingerprint density at radius 2 is 2.06 bits per heavy atom. The van der Waals surface area contributed by atoms with Crippen LogP contribution in [0.3, 0.4) is 0 Å². The van der Waals surface area contributed by atoms with E-state index in [0.29, 0.717) is 5.82 Å². The van der Waals surface area contributed by atoms with Crippen molar-refractivity contribution >= 4 is 22.5 Å². The molecule has 0 aliphatic rings. The van der Waals surface area contributed by atoms with Crippen molar-refractivity contribution in [2.75, 3.05) is 0 Å². The molecule has 3 aromatic heterocycles. The zero-order valence-corrected chi connectivity index (χ0v) is 10.4. The van der Waals surface area contributed by atoms with Crippen LogP contribution in [0.5, 0.6) is 0 Å². The Morgan fingerprint density at radius 3 is 2.78 bits per heavy atom. The molecule has 0 saturated heterocycles. The molecule has 0 fully saturated rings. The van der Waals surface area contributed by atoms with Crippen LogP contribution in [0.4, 0.5) is 0 Å². The van der Waals surface area contributed by atoms with Crippen molar-refractivity contribution in [1.82, 2.24) is 19.9 Å². The number of H-pyrrole nitrogens is 3. The highest BCUT2D eigenvalue weighted by molar-refractivity contribution is 7.15. The van der Waals surface area contributed by atoms with Crippen LogP contribution >= 0.6 is 11.3 Å². The largest absolute Gasteiger partial charge is 0.331 e. The summed E-state index contributed by atoms with van der Waals surface area (Å²) in [6, 6.07) is 3.98. The Bertz CT molecular complexity index is 823. The maximum absolute atomic E-state index is 11.6. The van der Waals surface area contributed by atoms with E-state index in [2.05, 4.69) is 26.9 Å². The molecular weight excluding hydrogens is 252 g/mol. The molecule has 18 heavy (non-hydrogen) atoms. The predicted molar refractivity (Wildman–Crippen MR) is 70.0 cm³/mol. The number of nitrogens with zero attached hydrogens (tertiary/aromatic N) is 1. The van der Waals surface area contributed by atoms with E-state index in [4.69, 9.17) is 0 Å². The average Bonchev–Trinajstić information content (AvgIpc) is 2.93. The molecule has 0 aliphatic heterocycles. The molecular formula is C11H10N4O2S. The van der Waals surface area contributed by atoms with Gasteiger partial charge in [-0.3, -0.25) is 14.8 Å². The Morgan fingerprint density at radius 1 is 1.22 bits per heavy atom. The lowest BCUT2D eigenvalue weighted by molar-refractivity contribution is 1.07. The summed E-state index contributed by atoms with van der Waals surface area (Å²) in [7, 11) is 0. The van der Waals surface area contributed by atoms with Crippen molar-refractivity contribution in [3.8, 4) is 10.7 Å². The number of rotatable bonds is 2. The molecule has 0 saturated carbocycles. The summed E-state index contributed by atoms with van der Waals surface area (Å²) in [6.45, 7) is 2.08. The SMILES string of the molecule is CCc1ccc(-c2nc3[nH]c(=O)[nH]c(=O)c3[nH]2)s1. The summed E-state index contributed by atoms with van der Waals surface area (Å²) in [4.78, 5) is 36.7. The van der Waals surface area contributed by atoms with Gasteiger partial charge in [0.15, 0.2) is 11.5 Å². The first-order valence-electron chi connectivity index (χ1n) is 5.49. The fourth-order valence-electron chi connectivity index (χ4n) is 1.74. The Labute approximate surface area is 105 Å². The summed E-state index contributed by atoms with van der Waals surface area (Å²) in [6.07, 6.45) is 0.961. The maximum Gasteiger partial charge on any atom is 0.327 e. The lowest BCUT2D eigenvalue weighted by atomic mass is 10.3. The second-order valence-electron chi connectivity index (χ2n) is 3.84. The van der Waals surface area contributed by atoms with Gasteiger partial charge in [0.05, 0.1) is 4.88 Å². The lowest BCUT2D eigenvalue weighted by Gasteiger charge is -1.87. The second kappa shape index (κ2) is 3.95. The highest BCUT2D eigenvalue weighted by Gasteiger charge is 2.10. The van der Waals surface area contributed by atoms with E-state index in [1.165, 1.54) is 4.88 Å². The van der Waals surface area contributed by atoms with Crippen LogP contribution in [0.25, 0.3) is 21.9 Å². The number of imidazole rings is 1. The quantitative estimate of drug-likeness (QED) is 0.648. The molecule has 3 aromatic rings. The molecule has 92 valence electrons. The molecule has 0 bridgehead atoms. The Balaban J connectivity index is 2.22. The Kier molecular flexibility index (Phi) is 2.41. The van der Waals surface area contributed by atoms with Crippen molar-refractivity contribution in [1.29, 1.82) is 0 Å². The zero-order valence-electron chi connectivity index (χ0n) is 9.53.